The fourth-order valence-corrected chi connectivity index (χ4v) is 2.26. The molecule has 2 heteroatoms. The Balaban J connectivity index is 1.95. The molecule has 1 fully saturated rings. The standard InChI is InChI=1S/C9H13NS/c1-8-3-4-9(11-8)7-10-5-2-6-10/h3-4H,2,5-7H2,1H3. The van der Waals surface area contributed by atoms with Crippen molar-refractivity contribution >= 4 is 11.3 Å². The minimum Gasteiger partial charge on any atom is -0.298 e. The lowest BCUT2D eigenvalue weighted by Crippen LogP contribution is -2.35. The van der Waals surface area contributed by atoms with E-state index in [1.807, 2.05) is 11.3 Å². The lowest BCUT2D eigenvalue weighted by Gasteiger charge is -2.29. The zero-order valence-corrected chi connectivity index (χ0v) is 7.66. The van der Waals surface area contributed by atoms with Crippen LogP contribution in [0.4, 0.5) is 0 Å². The van der Waals surface area contributed by atoms with Gasteiger partial charge in [0.1, 0.15) is 0 Å². The summed E-state index contributed by atoms with van der Waals surface area (Å²) in [5.74, 6) is 0. The van der Waals surface area contributed by atoms with Crippen LogP contribution in [0.25, 0.3) is 0 Å². The van der Waals surface area contributed by atoms with Crippen molar-refractivity contribution in [2.75, 3.05) is 13.1 Å². The number of aryl methyl sites for hydroxylation is 1. The van der Waals surface area contributed by atoms with E-state index in [9.17, 15) is 0 Å². The van der Waals surface area contributed by atoms with E-state index in [1.54, 1.807) is 0 Å². The summed E-state index contributed by atoms with van der Waals surface area (Å²) in [6.45, 7) is 5.96. The van der Waals surface area contributed by atoms with Gasteiger partial charge in [-0.3, -0.25) is 4.90 Å². The van der Waals surface area contributed by atoms with Crippen molar-refractivity contribution in [3.8, 4) is 0 Å². The van der Waals surface area contributed by atoms with E-state index < -0.39 is 0 Å². The molecule has 2 heterocycles. The zero-order chi connectivity index (χ0) is 7.68. The summed E-state index contributed by atoms with van der Waals surface area (Å²) in [4.78, 5) is 5.44. The summed E-state index contributed by atoms with van der Waals surface area (Å²) >= 11 is 1.92. The van der Waals surface area contributed by atoms with Crippen LogP contribution in [0.15, 0.2) is 12.1 Å². The molecule has 0 N–H and O–H groups in total. The van der Waals surface area contributed by atoms with E-state index in [2.05, 4.69) is 24.0 Å². The van der Waals surface area contributed by atoms with Gasteiger partial charge < -0.3 is 0 Å². The highest BCUT2D eigenvalue weighted by Crippen LogP contribution is 2.19. The number of likely N-dealkylation sites (tertiary alicyclic amines) is 1. The molecule has 1 nitrogen and oxygen atoms in total. The predicted octanol–water partition coefficient (Wildman–Crippen LogP) is 2.26. The van der Waals surface area contributed by atoms with Crippen LogP contribution in [-0.2, 0) is 6.54 Å². The first-order chi connectivity index (χ1) is 5.34. The van der Waals surface area contributed by atoms with Gasteiger partial charge in [0.25, 0.3) is 0 Å². The number of rotatable bonds is 2. The second-order valence-electron chi connectivity index (χ2n) is 3.14. The van der Waals surface area contributed by atoms with E-state index >= 15 is 0 Å². The van der Waals surface area contributed by atoms with Gasteiger partial charge in [-0.05, 0) is 38.6 Å². The fraction of sp³-hybridized carbons (Fsp3) is 0.556. The predicted molar refractivity (Wildman–Crippen MR) is 49.0 cm³/mol. The molecule has 1 saturated heterocycles. The Hall–Kier alpha value is -0.340. The van der Waals surface area contributed by atoms with Gasteiger partial charge in [-0.2, -0.15) is 0 Å². The Morgan fingerprint density at radius 1 is 1.45 bits per heavy atom. The Morgan fingerprint density at radius 3 is 2.73 bits per heavy atom. The third kappa shape index (κ3) is 1.63. The molecule has 0 unspecified atom stereocenters. The van der Waals surface area contributed by atoms with Crippen LogP contribution >= 0.6 is 11.3 Å². The van der Waals surface area contributed by atoms with Gasteiger partial charge in [0, 0.05) is 16.3 Å². The zero-order valence-electron chi connectivity index (χ0n) is 6.84. The van der Waals surface area contributed by atoms with Crippen LogP contribution in [0, 0.1) is 6.92 Å². The summed E-state index contributed by atoms with van der Waals surface area (Å²) in [6.07, 6.45) is 1.39. The summed E-state index contributed by atoms with van der Waals surface area (Å²) in [5.41, 5.74) is 0. The van der Waals surface area contributed by atoms with Crippen LogP contribution in [0.2, 0.25) is 0 Å². The highest BCUT2D eigenvalue weighted by Gasteiger charge is 2.13. The van der Waals surface area contributed by atoms with Crippen molar-refractivity contribution < 1.29 is 0 Å². The second-order valence-corrected chi connectivity index (χ2v) is 4.51. The molecule has 0 amide bonds. The monoisotopic (exact) mass is 167 g/mol. The maximum Gasteiger partial charge on any atom is 0.0328 e. The summed E-state index contributed by atoms with van der Waals surface area (Å²) in [6, 6.07) is 4.46. The third-order valence-corrected chi connectivity index (χ3v) is 3.11. The van der Waals surface area contributed by atoms with E-state index in [4.69, 9.17) is 0 Å². The molecule has 0 saturated carbocycles. The van der Waals surface area contributed by atoms with Gasteiger partial charge in [-0.25, -0.2) is 0 Å². The smallest absolute Gasteiger partial charge is 0.0328 e. The first kappa shape index (κ1) is 7.32. The SMILES string of the molecule is Cc1ccc(CN2CCC2)s1. The molecule has 60 valence electrons. The minimum atomic E-state index is 1.18. The Morgan fingerprint density at radius 2 is 2.27 bits per heavy atom. The molecule has 0 aliphatic carbocycles. The van der Waals surface area contributed by atoms with Crippen molar-refractivity contribution in [1.29, 1.82) is 0 Å². The molecule has 2 rings (SSSR count). The second kappa shape index (κ2) is 2.95. The number of hydrogen-bond acceptors (Lipinski definition) is 2. The van der Waals surface area contributed by atoms with Crippen molar-refractivity contribution in [1.82, 2.24) is 4.90 Å². The first-order valence-electron chi connectivity index (χ1n) is 4.12. The number of thiophene rings is 1. The Bertz CT molecular complexity index is 237. The fourth-order valence-electron chi connectivity index (χ4n) is 1.33. The molecule has 1 aliphatic rings. The molecule has 1 aromatic rings. The van der Waals surface area contributed by atoms with Gasteiger partial charge in [-0.1, -0.05) is 0 Å². The largest absolute Gasteiger partial charge is 0.298 e. The maximum absolute atomic E-state index is 2.49. The Labute approximate surface area is 71.7 Å². The van der Waals surface area contributed by atoms with Crippen molar-refractivity contribution in [3.05, 3.63) is 21.9 Å². The lowest BCUT2D eigenvalue weighted by molar-refractivity contribution is 0.174. The average molecular weight is 167 g/mol. The molecule has 0 atom stereocenters. The minimum absolute atomic E-state index is 1.18. The van der Waals surface area contributed by atoms with Gasteiger partial charge in [0.05, 0.1) is 0 Å². The summed E-state index contributed by atoms with van der Waals surface area (Å²) in [7, 11) is 0. The topological polar surface area (TPSA) is 3.24 Å². The molecule has 0 spiro atoms. The Kier molecular flexibility index (Phi) is 1.96. The van der Waals surface area contributed by atoms with Gasteiger partial charge >= 0.3 is 0 Å². The molecule has 1 aromatic heterocycles. The van der Waals surface area contributed by atoms with E-state index in [0.29, 0.717) is 0 Å². The molecule has 1 aliphatic heterocycles. The van der Waals surface area contributed by atoms with Crippen LogP contribution in [0.1, 0.15) is 16.2 Å². The highest BCUT2D eigenvalue weighted by molar-refractivity contribution is 7.11. The molecule has 0 radical (unpaired) electrons. The summed E-state index contributed by atoms with van der Waals surface area (Å²) in [5, 5.41) is 0. The van der Waals surface area contributed by atoms with Gasteiger partial charge in [0.15, 0.2) is 0 Å². The molecule has 0 bridgehead atoms. The lowest BCUT2D eigenvalue weighted by atomic mass is 10.2. The number of nitrogens with zero attached hydrogens (tertiary/aromatic N) is 1. The molecular formula is C9H13NS. The van der Waals surface area contributed by atoms with Crippen LogP contribution in [0.3, 0.4) is 0 Å². The van der Waals surface area contributed by atoms with Gasteiger partial charge in [-0.15, -0.1) is 11.3 Å². The molecule has 0 aromatic carbocycles. The molecular weight excluding hydrogens is 154 g/mol. The highest BCUT2D eigenvalue weighted by atomic mass is 32.1. The molecule has 11 heavy (non-hydrogen) atoms. The third-order valence-electron chi connectivity index (χ3n) is 2.12. The quantitative estimate of drug-likeness (QED) is 0.653. The van der Waals surface area contributed by atoms with E-state index in [-0.39, 0.29) is 0 Å². The van der Waals surface area contributed by atoms with E-state index in [0.717, 1.165) is 0 Å². The number of hydrogen-bond donors (Lipinski definition) is 0. The van der Waals surface area contributed by atoms with Crippen LogP contribution in [0.5, 0.6) is 0 Å². The van der Waals surface area contributed by atoms with E-state index in [1.165, 1.54) is 35.8 Å². The maximum atomic E-state index is 2.49. The van der Waals surface area contributed by atoms with Gasteiger partial charge in [0.2, 0.25) is 0 Å². The summed E-state index contributed by atoms with van der Waals surface area (Å²) < 4.78 is 0. The van der Waals surface area contributed by atoms with Crippen molar-refractivity contribution in [2.24, 2.45) is 0 Å². The van der Waals surface area contributed by atoms with Crippen molar-refractivity contribution in [2.45, 2.75) is 19.9 Å². The normalized spacial score (nSPS) is 18.3. The van der Waals surface area contributed by atoms with Crippen LogP contribution < -0.4 is 0 Å². The van der Waals surface area contributed by atoms with Crippen molar-refractivity contribution in [3.63, 3.8) is 0 Å². The average Bonchev–Trinajstić information content (AvgIpc) is 2.27. The first-order valence-corrected chi connectivity index (χ1v) is 4.94. The van der Waals surface area contributed by atoms with Crippen LogP contribution in [-0.4, -0.2) is 18.0 Å².